The van der Waals surface area contributed by atoms with Crippen LogP contribution in [0.2, 0.25) is 5.02 Å². The molecule has 94 valence electrons. The Morgan fingerprint density at radius 3 is 2.82 bits per heavy atom. The average Bonchev–Trinajstić information content (AvgIpc) is 2.32. The van der Waals surface area contributed by atoms with Crippen LogP contribution in [0.1, 0.15) is 0 Å². The lowest BCUT2D eigenvalue weighted by Gasteiger charge is -2.13. The number of carbonyl (C=O) groups excluding carboxylic acids is 1. The van der Waals surface area contributed by atoms with Crippen LogP contribution < -0.4 is 15.8 Å². The first-order valence-corrected chi connectivity index (χ1v) is 5.35. The molecule has 0 aliphatic heterocycles. The van der Waals surface area contributed by atoms with E-state index in [0.29, 0.717) is 16.5 Å². The number of amides is 1. The quantitative estimate of drug-likeness (QED) is 0.834. The summed E-state index contributed by atoms with van der Waals surface area (Å²) in [5.74, 6) is 0.243. The molecule has 0 radical (unpaired) electrons. The van der Waals surface area contributed by atoms with Gasteiger partial charge in [0, 0.05) is 13.2 Å². The average molecular weight is 259 g/mol. The zero-order chi connectivity index (χ0) is 12.8. The van der Waals surface area contributed by atoms with Gasteiger partial charge in [-0.1, -0.05) is 11.6 Å². The number of carbonyl (C=O) groups is 1. The maximum atomic E-state index is 11.6. The predicted octanol–water partition coefficient (Wildman–Crippen LogP) is 1.26. The van der Waals surface area contributed by atoms with E-state index >= 15 is 0 Å². The number of hydrogen-bond donors (Lipinski definition) is 2. The Labute approximate surface area is 105 Å². The third-order valence-electron chi connectivity index (χ3n) is 2.11. The highest BCUT2D eigenvalue weighted by molar-refractivity contribution is 6.33. The molecule has 5 nitrogen and oxygen atoms in total. The number of anilines is 1. The molecule has 1 rings (SSSR count). The summed E-state index contributed by atoms with van der Waals surface area (Å²) in [5, 5.41) is 3.03. The van der Waals surface area contributed by atoms with Crippen molar-refractivity contribution in [1.82, 2.24) is 0 Å². The number of nitrogens with two attached hydrogens (primary N) is 1. The summed E-state index contributed by atoms with van der Waals surface area (Å²) in [4.78, 5) is 11.6. The minimum absolute atomic E-state index is 0.146. The molecule has 0 bridgehead atoms. The first kappa shape index (κ1) is 13.8. The van der Waals surface area contributed by atoms with E-state index < -0.39 is 6.04 Å². The molecular formula is C11H15ClN2O3. The molecule has 1 atom stereocenters. The van der Waals surface area contributed by atoms with E-state index in [4.69, 9.17) is 26.8 Å². The number of ether oxygens (including phenoxy) is 2. The van der Waals surface area contributed by atoms with Crippen molar-refractivity contribution in [2.45, 2.75) is 6.04 Å². The van der Waals surface area contributed by atoms with E-state index in [0.717, 1.165) is 0 Å². The van der Waals surface area contributed by atoms with Crippen LogP contribution in [0.4, 0.5) is 5.69 Å². The molecule has 1 unspecified atom stereocenters. The molecule has 0 aromatic heterocycles. The van der Waals surface area contributed by atoms with Crippen LogP contribution in [0.3, 0.4) is 0 Å². The Morgan fingerprint density at radius 1 is 1.53 bits per heavy atom. The highest BCUT2D eigenvalue weighted by Crippen LogP contribution is 2.26. The van der Waals surface area contributed by atoms with E-state index in [1.54, 1.807) is 18.2 Å². The minimum atomic E-state index is -0.734. The van der Waals surface area contributed by atoms with Gasteiger partial charge in [0.15, 0.2) is 0 Å². The summed E-state index contributed by atoms with van der Waals surface area (Å²) in [5.41, 5.74) is 6.05. The second kappa shape index (κ2) is 6.44. The van der Waals surface area contributed by atoms with Gasteiger partial charge in [-0.3, -0.25) is 4.79 Å². The predicted molar refractivity (Wildman–Crippen MR) is 66.5 cm³/mol. The summed E-state index contributed by atoms with van der Waals surface area (Å²) >= 11 is 5.94. The Bertz CT molecular complexity index is 398. The first-order valence-electron chi connectivity index (χ1n) is 4.97. The van der Waals surface area contributed by atoms with Gasteiger partial charge in [0.05, 0.1) is 24.4 Å². The summed E-state index contributed by atoms with van der Waals surface area (Å²) in [6, 6.07) is 4.23. The summed E-state index contributed by atoms with van der Waals surface area (Å²) < 4.78 is 9.83. The van der Waals surface area contributed by atoms with Crippen LogP contribution in [0, 0.1) is 0 Å². The number of halogens is 1. The van der Waals surface area contributed by atoms with Crippen molar-refractivity contribution >= 4 is 23.2 Å². The Morgan fingerprint density at radius 2 is 2.24 bits per heavy atom. The van der Waals surface area contributed by atoms with E-state index in [9.17, 15) is 4.79 Å². The Kier molecular flexibility index (Phi) is 5.21. The summed E-state index contributed by atoms with van der Waals surface area (Å²) in [6.07, 6.45) is 0. The molecule has 3 N–H and O–H groups in total. The van der Waals surface area contributed by atoms with Crippen molar-refractivity contribution in [1.29, 1.82) is 0 Å². The van der Waals surface area contributed by atoms with Gasteiger partial charge in [-0.15, -0.1) is 0 Å². The van der Waals surface area contributed by atoms with Gasteiger partial charge < -0.3 is 20.5 Å². The van der Waals surface area contributed by atoms with Crippen molar-refractivity contribution in [2.24, 2.45) is 5.73 Å². The molecule has 0 heterocycles. The van der Waals surface area contributed by atoms with Gasteiger partial charge >= 0.3 is 0 Å². The van der Waals surface area contributed by atoms with Crippen LogP contribution in [0.5, 0.6) is 5.75 Å². The fourth-order valence-corrected chi connectivity index (χ4v) is 1.37. The van der Waals surface area contributed by atoms with Gasteiger partial charge in [0.25, 0.3) is 0 Å². The highest BCUT2D eigenvalue weighted by Gasteiger charge is 2.14. The first-order chi connectivity index (χ1) is 8.08. The maximum Gasteiger partial charge on any atom is 0.243 e. The van der Waals surface area contributed by atoms with Crippen LogP contribution in [-0.4, -0.2) is 32.8 Å². The second-order valence-electron chi connectivity index (χ2n) is 3.40. The fraction of sp³-hybridized carbons (Fsp3) is 0.364. The summed E-state index contributed by atoms with van der Waals surface area (Å²) in [6.45, 7) is 0.146. The monoisotopic (exact) mass is 258 g/mol. The Hall–Kier alpha value is -1.30. The topological polar surface area (TPSA) is 73.6 Å². The molecular weight excluding hydrogens is 244 g/mol. The second-order valence-corrected chi connectivity index (χ2v) is 3.80. The van der Waals surface area contributed by atoms with Gasteiger partial charge in [-0.2, -0.15) is 0 Å². The van der Waals surface area contributed by atoms with Gasteiger partial charge in [0.2, 0.25) is 5.91 Å². The van der Waals surface area contributed by atoms with Gasteiger partial charge in [-0.25, -0.2) is 0 Å². The zero-order valence-corrected chi connectivity index (χ0v) is 10.5. The van der Waals surface area contributed by atoms with Crippen molar-refractivity contribution in [3.63, 3.8) is 0 Å². The standard InChI is InChI=1S/C11H15ClN2O3/c1-16-6-9(13)11(15)14-10-5-7(17-2)3-4-8(10)12/h3-5,9H,6,13H2,1-2H3,(H,14,15). The smallest absolute Gasteiger partial charge is 0.243 e. The molecule has 0 saturated heterocycles. The third-order valence-corrected chi connectivity index (χ3v) is 2.44. The molecule has 0 aliphatic rings. The number of hydrogen-bond acceptors (Lipinski definition) is 4. The summed E-state index contributed by atoms with van der Waals surface area (Å²) in [7, 11) is 3.01. The minimum Gasteiger partial charge on any atom is -0.497 e. The lowest BCUT2D eigenvalue weighted by Crippen LogP contribution is -2.39. The normalized spacial score (nSPS) is 12.0. The van der Waals surface area contributed by atoms with Crippen LogP contribution in [0.25, 0.3) is 0 Å². The zero-order valence-electron chi connectivity index (χ0n) is 9.70. The maximum absolute atomic E-state index is 11.6. The van der Waals surface area contributed by atoms with Gasteiger partial charge in [-0.05, 0) is 12.1 Å². The molecule has 17 heavy (non-hydrogen) atoms. The lowest BCUT2D eigenvalue weighted by atomic mass is 10.2. The largest absolute Gasteiger partial charge is 0.497 e. The van der Waals surface area contributed by atoms with Crippen molar-refractivity contribution in [3.8, 4) is 5.75 Å². The van der Waals surface area contributed by atoms with E-state index in [2.05, 4.69) is 5.32 Å². The number of benzene rings is 1. The SMILES string of the molecule is COCC(N)C(=O)Nc1cc(OC)ccc1Cl. The Balaban J connectivity index is 2.76. The molecule has 1 amide bonds. The van der Waals surface area contributed by atoms with E-state index in [1.807, 2.05) is 0 Å². The molecule has 0 saturated carbocycles. The van der Waals surface area contributed by atoms with E-state index in [1.165, 1.54) is 14.2 Å². The number of nitrogens with one attached hydrogen (secondary N) is 1. The van der Waals surface area contributed by atoms with Gasteiger partial charge in [0.1, 0.15) is 11.8 Å². The molecule has 1 aromatic rings. The molecule has 0 fully saturated rings. The van der Waals surface area contributed by atoms with Crippen molar-refractivity contribution < 1.29 is 14.3 Å². The highest BCUT2D eigenvalue weighted by atomic mass is 35.5. The van der Waals surface area contributed by atoms with Crippen LogP contribution in [0.15, 0.2) is 18.2 Å². The van der Waals surface area contributed by atoms with Crippen LogP contribution in [-0.2, 0) is 9.53 Å². The molecule has 0 aliphatic carbocycles. The van der Waals surface area contributed by atoms with E-state index in [-0.39, 0.29) is 12.5 Å². The molecule has 6 heteroatoms. The fourth-order valence-electron chi connectivity index (χ4n) is 1.21. The number of rotatable bonds is 5. The lowest BCUT2D eigenvalue weighted by molar-refractivity contribution is -0.118. The van der Waals surface area contributed by atoms with Crippen molar-refractivity contribution in [2.75, 3.05) is 26.1 Å². The third kappa shape index (κ3) is 3.89. The molecule has 0 spiro atoms. The van der Waals surface area contributed by atoms with Crippen molar-refractivity contribution in [3.05, 3.63) is 23.2 Å². The molecule has 1 aromatic carbocycles. The number of methoxy groups -OCH3 is 2. The van der Waals surface area contributed by atoms with Crippen LogP contribution >= 0.6 is 11.6 Å².